The molecular formula is C17H27BrN2S. The van der Waals surface area contributed by atoms with Gasteiger partial charge >= 0.3 is 0 Å². The molecule has 1 aromatic rings. The summed E-state index contributed by atoms with van der Waals surface area (Å²) < 4.78 is 1.20. The van der Waals surface area contributed by atoms with Crippen molar-refractivity contribution in [1.82, 2.24) is 4.90 Å². The normalized spacial score (nSPS) is 29.9. The highest BCUT2D eigenvalue weighted by atomic mass is 79.9. The molecule has 4 atom stereocenters. The van der Waals surface area contributed by atoms with Gasteiger partial charge in [0.05, 0.1) is 6.04 Å². The molecule has 0 aromatic carbocycles. The first-order valence-electron chi connectivity index (χ1n) is 8.46. The summed E-state index contributed by atoms with van der Waals surface area (Å²) in [5.41, 5.74) is 6.56. The Bertz CT molecular complexity index is 459. The molecule has 1 aliphatic carbocycles. The van der Waals surface area contributed by atoms with E-state index < -0.39 is 0 Å². The Labute approximate surface area is 141 Å². The minimum atomic E-state index is 0.247. The molecule has 2 N–H and O–H groups in total. The van der Waals surface area contributed by atoms with Crippen LogP contribution in [0.1, 0.15) is 62.8 Å². The highest BCUT2D eigenvalue weighted by Crippen LogP contribution is 2.42. The van der Waals surface area contributed by atoms with E-state index in [0.29, 0.717) is 6.04 Å². The molecule has 2 heterocycles. The summed E-state index contributed by atoms with van der Waals surface area (Å²) in [7, 11) is 0. The van der Waals surface area contributed by atoms with Crippen molar-refractivity contribution in [2.24, 2.45) is 11.7 Å². The average molecular weight is 371 g/mol. The van der Waals surface area contributed by atoms with Gasteiger partial charge in [0.15, 0.2) is 0 Å². The maximum Gasteiger partial charge on any atom is 0.0596 e. The van der Waals surface area contributed by atoms with Crippen LogP contribution in [0, 0.1) is 5.92 Å². The molecule has 1 aromatic heterocycles. The number of nitrogens with two attached hydrogens (primary N) is 1. The van der Waals surface area contributed by atoms with Gasteiger partial charge in [-0.1, -0.05) is 19.8 Å². The number of likely N-dealkylation sites (tertiary alicyclic amines) is 1. The summed E-state index contributed by atoms with van der Waals surface area (Å²) in [5, 5.41) is 2.20. The molecule has 0 amide bonds. The van der Waals surface area contributed by atoms with Crippen LogP contribution >= 0.6 is 27.3 Å². The van der Waals surface area contributed by atoms with Gasteiger partial charge in [0.1, 0.15) is 0 Å². The van der Waals surface area contributed by atoms with E-state index in [4.69, 9.17) is 5.73 Å². The molecule has 1 saturated heterocycles. The van der Waals surface area contributed by atoms with Gasteiger partial charge in [-0.25, -0.2) is 0 Å². The first-order chi connectivity index (χ1) is 10.2. The summed E-state index contributed by atoms with van der Waals surface area (Å²) in [4.78, 5) is 4.22. The van der Waals surface area contributed by atoms with Crippen LogP contribution in [0.2, 0.25) is 0 Å². The molecule has 21 heavy (non-hydrogen) atoms. The predicted molar refractivity (Wildman–Crippen MR) is 94.7 cm³/mol. The molecule has 1 aliphatic heterocycles. The van der Waals surface area contributed by atoms with Crippen LogP contribution < -0.4 is 5.73 Å². The summed E-state index contributed by atoms with van der Waals surface area (Å²) in [6, 6.07) is 3.72. The van der Waals surface area contributed by atoms with Gasteiger partial charge in [-0.3, -0.25) is 4.90 Å². The van der Waals surface area contributed by atoms with E-state index in [-0.39, 0.29) is 6.04 Å². The molecule has 0 spiro atoms. The number of piperidine rings is 1. The van der Waals surface area contributed by atoms with E-state index in [1.165, 1.54) is 54.4 Å². The number of thiophene rings is 1. The lowest BCUT2D eigenvalue weighted by Gasteiger charge is -2.48. The van der Waals surface area contributed by atoms with Crippen LogP contribution in [-0.4, -0.2) is 23.5 Å². The summed E-state index contributed by atoms with van der Waals surface area (Å²) in [6.45, 7) is 3.46. The summed E-state index contributed by atoms with van der Waals surface area (Å²) in [6.07, 6.45) is 9.48. The molecule has 0 radical (unpaired) electrons. The molecule has 2 aliphatic rings. The first-order valence-corrected chi connectivity index (χ1v) is 10.1. The van der Waals surface area contributed by atoms with Crippen LogP contribution in [0.25, 0.3) is 0 Å². The predicted octanol–water partition coefficient (Wildman–Crippen LogP) is 4.94. The van der Waals surface area contributed by atoms with Gasteiger partial charge in [0, 0.05) is 26.8 Å². The maximum absolute atomic E-state index is 6.56. The zero-order valence-electron chi connectivity index (χ0n) is 12.9. The Balaban J connectivity index is 1.87. The third kappa shape index (κ3) is 3.39. The van der Waals surface area contributed by atoms with Crippen molar-refractivity contribution in [2.45, 2.75) is 70.0 Å². The van der Waals surface area contributed by atoms with Crippen molar-refractivity contribution in [1.29, 1.82) is 0 Å². The van der Waals surface area contributed by atoms with Crippen LogP contribution in [0.3, 0.4) is 0 Å². The monoisotopic (exact) mass is 370 g/mol. The third-order valence-corrected chi connectivity index (χ3v) is 7.16. The highest BCUT2D eigenvalue weighted by Gasteiger charge is 2.39. The maximum atomic E-state index is 6.56. The minimum absolute atomic E-state index is 0.247. The van der Waals surface area contributed by atoms with E-state index in [0.717, 1.165) is 18.4 Å². The minimum Gasteiger partial charge on any atom is -0.326 e. The van der Waals surface area contributed by atoms with E-state index in [1.807, 2.05) is 11.3 Å². The second-order valence-corrected chi connectivity index (χ2v) is 8.53. The van der Waals surface area contributed by atoms with Gasteiger partial charge in [0.25, 0.3) is 0 Å². The zero-order valence-corrected chi connectivity index (χ0v) is 15.3. The Morgan fingerprint density at radius 1 is 1.33 bits per heavy atom. The van der Waals surface area contributed by atoms with Crippen molar-refractivity contribution in [3.63, 3.8) is 0 Å². The Morgan fingerprint density at radius 2 is 2.10 bits per heavy atom. The summed E-state index contributed by atoms with van der Waals surface area (Å²) >= 11 is 5.48. The van der Waals surface area contributed by atoms with Gasteiger partial charge < -0.3 is 5.73 Å². The molecule has 2 fully saturated rings. The Hall–Kier alpha value is 0.1000. The molecule has 3 rings (SSSR count). The molecule has 2 nitrogen and oxygen atoms in total. The van der Waals surface area contributed by atoms with Crippen LogP contribution in [0.15, 0.2) is 15.9 Å². The SMILES string of the molecule is CCC(N)C(c1cc(Br)cs1)N1CCCC2CCCCC21. The van der Waals surface area contributed by atoms with Gasteiger partial charge in [-0.15, -0.1) is 11.3 Å². The van der Waals surface area contributed by atoms with Crippen molar-refractivity contribution < 1.29 is 0 Å². The number of hydrogen-bond donors (Lipinski definition) is 1. The van der Waals surface area contributed by atoms with Crippen molar-refractivity contribution in [3.8, 4) is 0 Å². The fourth-order valence-electron chi connectivity index (χ4n) is 4.34. The lowest BCUT2D eigenvalue weighted by atomic mass is 9.77. The van der Waals surface area contributed by atoms with Crippen molar-refractivity contribution >= 4 is 27.3 Å². The number of halogens is 1. The third-order valence-electron chi connectivity index (χ3n) is 5.40. The van der Waals surface area contributed by atoms with E-state index in [1.54, 1.807) is 0 Å². The van der Waals surface area contributed by atoms with Crippen LogP contribution in [0.4, 0.5) is 0 Å². The Morgan fingerprint density at radius 3 is 2.81 bits per heavy atom. The number of hydrogen-bond acceptors (Lipinski definition) is 3. The van der Waals surface area contributed by atoms with Crippen molar-refractivity contribution in [3.05, 3.63) is 20.8 Å². The smallest absolute Gasteiger partial charge is 0.0596 e. The number of nitrogens with zero attached hydrogens (tertiary/aromatic N) is 1. The molecule has 4 heteroatoms. The fraction of sp³-hybridized carbons (Fsp3) is 0.765. The van der Waals surface area contributed by atoms with E-state index in [9.17, 15) is 0 Å². The van der Waals surface area contributed by atoms with Crippen LogP contribution in [0.5, 0.6) is 0 Å². The quantitative estimate of drug-likeness (QED) is 0.812. The molecule has 0 bridgehead atoms. The van der Waals surface area contributed by atoms with E-state index in [2.05, 4.69) is 39.2 Å². The zero-order chi connectivity index (χ0) is 14.8. The van der Waals surface area contributed by atoms with Gasteiger partial charge in [-0.05, 0) is 66.6 Å². The molecule has 1 saturated carbocycles. The number of rotatable bonds is 4. The topological polar surface area (TPSA) is 29.3 Å². The average Bonchev–Trinajstić information content (AvgIpc) is 2.93. The second kappa shape index (κ2) is 7.12. The fourth-order valence-corrected chi connectivity index (χ4v) is 5.98. The lowest BCUT2D eigenvalue weighted by Crippen LogP contribution is -2.52. The first kappa shape index (κ1) is 16.0. The van der Waals surface area contributed by atoms with Gasteiger partial charge in [-0.2, -0.15) is 0 Å². The molecule has 118 valence electrons. The Kier molecular flexibility index (Phi) is 5.41. The van der Waals surface area contributed by atoms with Crippen LogP contribution in [-0.2, 0) is 0 Å². The van der Waals surface area contributed by atoms with Gasteiger partial charge in [0.2, 0.25) is 0 Å². The van der Waals surface area contributed by atoms with E-state index >= 15 is 0 Å². The molecular weight excluding hydrogens is 344 g/mol. The highest BCUT2D eigenvalue weighted by molar-refractivity contribution is 9.10. The summed E-state index contributed by atoms with van der Waals surface area (Å²) in [5.74, 6) is 0.919. The lowest BCUT2D eigenvalue weighted by molar-refractivity contribution is 0.0167. The van der Waals surface area contributed by atoms with Crippen molar-refractivity contribution in [2.75, 3.05) is 6.54 Å². The number of fused-ring (bicyclic) bond motifs is 1. The second-order valence-electron chi connectivity index (χ2n) is 6.68. The molecule has 4 unspecified atom stereocenters. The largest absolute Gasteiger partial charge is 0.326 e. The standard InChI is InChI=1S/C17H27BrN2S/c1-2-14(19)17(16-10-13(18)11-21-16)20-9-5-7-12-6-3-4-8-15(12)20/h10-12,14-15,17H,2-9,19H2,1H3.